The molecular formula is C46H36N2OSi+2. The fraction of sp³-hybridized carbons (Fsp3) is 0.130. The highest BCUT2D eigenvalue weighted by atomic mass is 28.3. The Morgan fingerprint density at radius 1 is 0.560 bits per heavy atom. The van der Waals surface area contributed by atoms with Gasteiger partial charge in [0.25, 0.3) is 0 Å². The summed E-state index contributed by atoms with van der Waals surface area (Å²) in [5.41, 5.74) is 5.19. The minimum absolute atomic E-state index is 0.184. The summed E-state index contributed by atoms with van der Waals surface area (Å²) in [6.45, 7) is 1.58. The number of hydrogen-bond acceptors (Lipinski definition) is 1. The lowest BCUT2D eigenvalue weighted by Crippen LogP contribution is -2.72. The summed E-state index contributed by atoms with van der Waals surface area (Å²) in [5, 5.41) is 9.99. The van der Waals surface area contributed by atoms with Crippen molar-refractivity contribution in [3.8, 4) is 22.5 Å². The Morgan fingerprint density at radius 2 is 1.22 bits per heavy atom. The average Bonchev–Trinajstić information content (AvgIpc) is 3.79. The van der Waals surface area contributed by atoms with Gasteiger partial charge in [-0.05, 0) is 88.0 Å². The number of aryl methyl sites for hydroxylation is 2. The van der Waals surface area contributed by atoms with E-state index >= 15 is 0 Å². The lowest BCUT2D eigenvalue weighted by atomic mass is 9.89. The number of benzene rings is 6. The van der Waals surface area contributed by atoms with Gasteiger partial charge in [-0.1, -0.05) is 86.4 Å². The van der Waals surface area contributed by atoms with Crippen LogP contribution >= 0.6 is 0 Å². The van der Waals surface area contributed by atoms with E-state index in [0.29, 0.717) is 11.3 Å². The largest absolute Gasteiger partial charge is 0.455 e. The van der Waals surface area contributed by atoms with Gasteiger partial charge in [0.05, 0.1) is 13.6 Å². The van der Waals surface area contributed by atoms with Gasteiger partial charge in [0.2, 0.25) is 11.4 Å². The molecule has 3 nitrogen and oxygen atoms in total. The van der Waals surface area contributed by atoms with Crippen LogP contribution in [-0.4, -0.2) is 8.07 Å². The highest BCUT2D eigenvalue weighted by Crippen LogP contribution is 2.51. The van der Waals surface area contributed by atoms with Crippen LogP contribution in [0.2, 0.25) is 19.6 Å². The third-order valence-corrected chi connectivity index (χ3v) is 13.3. The molecule has 3 aromatic heterocycles. The summed E-state index contributed by atoms with van der Waals surface area (Å²) >= 11 is 0. The normalized spacial score (nSPS) is 18.5. The van der Waals surface area contributed by atoms with Crippen molar-refractivity contribution in [2.75, 3.05) is 0 Å². The Balaban J connectivity index is 1.33. The van der Waals surface area contributed by atoms with Gasteiger partial charge in [0.15, 0.2) is 12.4 Å². The average molecular weight is 667 g/mol. The summed E-state index contributed by atoms with van der Waals surface area (Å²) in [7, 11) is -1.85. The monoisotopic (exact) mass is 666 g/mol. The van der Waals surface area contributed by atoms with Gasteiger partial charge in [-0.2, -0.15) is 0 Å². The quantitative estimate of drug-likeness (QED) is 0.0971. The van der Waals surface area contributed by atoms with Gasteiger partial charge in [-0.25, -0.2) is 0 Å². The van der Waals surface area contributed by atoms with Crippen LogP contribution in [-0.2, 0) is 5.66 Å². The van der Waals surface area contributed by atoms with E-state index in [0.717, 1.165) is 65.8 Å². The van der Waals surface area contributed by atoms with E-state index in [1.807, 2.05) is 16.7 Å². The zero-order valence-corrected chi connectivity index (χ0v) is 28.9. The van der Waals surface area contributed by atoms with Crippen molar-refractivity contribution in [2.24, 2.45) is 0 Å². The number of aromatic nitrogens is 2. The molecule has 0 radical (unpaired) electrons. The second-order valence-corrected chi connectivity index (χ2v) is 20.0. The number of rotatable bonds is 1. The van der Waals surface area contributed by atoms with Crippen molar-refractivity contribution in [3.63, 3.8) is 0 Å². The molecule has 9 aromatic rings. The van der Waals surface area contributed by atoms with Crippen molar-refractivity contribution < 1.29 is 21.8 Å². The van der Waals surface area contributed by atoms with Crippen LogP contribution in [0.25, 0.3) is 76.8 Å². The van der Waals surface area contributed by atoms with Crippen LogP contribution in [0, 0.1) is 13.7 Å². The first-order valence-corrected chi connectivity index (χ1v) is 20.7. The first-order chi connectivity index (χ1) is 26.7. The fourth-order valence-corrected chi connectivity index (χ4v) is 10.1. The van der Waals surface area contributed by atoms with Crippen molar-refractivity contribution in [3.05, 3.63) is 150 Å². The highest BCUT2D eigenvalue weighted by molar-refractivity contribution is 6.88. The molecule has 2 aliphatic heterocycles. The van der Waals surface area contributed by atoms with Gasteiger partial charge in [-0.3, -0.25) is 0 Å². The maximum absolute atomic E-state index is 8.62. The molecule has 0 aliphatic carbocycles. The Kier molecular flexibility index (Phi) is 4.29. The third-order valence-electron chi connectivity index (χ3n) is 11.3. The molecule has 1 atom stereocenters. The fourth-order valence-electron chi connectivity index (χ4n) is 9.02. The smallest absolute Gasteiger partial charge is 0.417 e. The first kappa shape index (κ1) is 22.9. The zero-order chi connectivity index (χ0) is 38.7. The van der Waals surface area contributed by atoms with Crippen molar-refractivity contribution >= 4 is 67.5 Å². The minimum atomic E-state index is -2.69. The van der Waals surface area contributed by atoms with Gasteiger partial charge in [-0.15, -0.1) is 9.13 Å². The molecule has 11 rings (SSSR count). The van der Waals surface area contributed by atoms with Crippen LogP contribution in [0.4, 0.5) is 0 Å². The summed E-state index contributed by atoms with van der Waals surface area (Å²) in [5.74, 6) is 0. The Bertz CT molecular complexity index is 3230. The topological polar surface area (TPSA) is 20.9 Å². The van der Waals surface area contributed by atoms with Gasteiger partial charge in [0, 0.05) is 41.9 Å². The summed E-state index contributed by atoms with van der Waals surface area (Å²) in [4.78, 5) is 0. The van der Waals surface area contributed by atoms with Crippen LogP contribution in [0.15, 0.2) is 132 Å². The molecular weight excluding hydrogens is 625 g/mol. The number of furan rings is 1. The van der Waals surface area contributed by atoms with Crippen molar-refractivity contribution in [1.82, 2.24) is 0 Å². The molecule has 50 heavy (non-hydrogen) atoms. The van der Waals surface area contributed by atoms with Crippen LogP contribution in [0.3, 0.4) is 0 Å². The van der Waals surface area contributed by atoms with E-state index in [2.05, 4.69) is 127 Å². The molecule has 0 bridgehead atoms. The van der Waals surface area contributed by atoms with Crippen LogP contribution in [0.5, 0.6) is 0 Å². The Morgan fingerprint density at radius 3 is 1.94 bits per heavy atom. The standard InChI is InChI=1S/C46H36N2OSi/c1-27-22-42-44-40(46(47(42)25-28(27)2)39-17-11-10-16-35(39)41-21-18-29(26-48(41)46)50(3,4)5)20-19-34-38-23-36-32-14-8-6-12-30(32)31-13-7-9-15-33(31)37(36)24-43(38)49-45(34)44/h6-26H,1-5H3/q+2/i1D3,2D3. The predicted molar refractivity (Wildman–Crippen MR) is 208 cm³/mol. The van der Waals surface area contributed by atoms with Gasteiger partial charge in [0.1, 0.15) is 27.9 Å². The maximum atomic E-state index is 8.62. The molecule has 0 saturated carbocycles. The molecule has 2 aliphatic rings. The number of hydrogen-bond donors (Lipinski definition) is 0. The van der Waals surface area contributed by atoms with Crippen LogP contribution in [0.1, 0.15) is 30.5 Å². The predicted octanol–water partition coefficient (Wildman–Crippen LogP) is 10.0. The van der Waals surface area contributed by atoms with E-state index in [4.69, 9.17) is 12.6 Å². The molecule has 1 spiro atoms. The maximum Gasteiger partial charge on any atom is 0.417 e. The van der Waals surface area contributed by atoms with Crippen LogP contribution < -0.4 is 14.3 Å². The molecule has 0 fully saturated rings. The molecule has 4 heteroatoms. The first-order valence-electron chi connectivity index (χ1n) is 20.2. The Hall–Kier alpha value is -5.58. The minimum Gasteiger partial charge on any atom is -0.455 e. The van der Waals surface area contributed by atoms with E-state index in [-0.39, 0.29) is 11.1 Å². The summed E-state index contributed by atoms with van der Waals surface area (Å²) in [6.07, 6.45) is 3.83. The molecule has 0 N–H and O–H groups in total. The van der Waals surface area contributed by atoms with E-state index in [1.54, 1.807) is 12.3 Å². The molecule has 5 heterocycles. The molecule has 0 saturated heterocycles. The number of fused-ring (bicyclic) bond motifs is 20. The highest BCUT2D eigenvalue weighted by Gasteiger charge is 2.67. The van der Waals surface area contributed by atoms with Gasteiger partial charge >= 0.3 is 5.66 Å². The second-order valence-electron chi connectivity index (χ2n) is 14.9. The van der Waals surface area contributed by atoms with Crippen molar-refractivity contribution in [1.29, 1.82) is 0 Å². The molecule has 6 aromatic carbocycles. The molecule has 0 amide bonds. The van der Waals surface area contributed by atoms with Crippen molar-refractivity contribution in [2.45, 2.75) is 39.0 Å². The molecule has 238 valence electrons. The number of pyridine rings is 2. The summed E-state index contributed by atoms with van der Waals surface area (Å²) in [6, 6.07) is 39.9. The van der Waals surface area contributed by atoms with E-state index in [9.17, 15) is 0 Å². The molecule has 1 unspecified atom stereocenters. The van der Waals surface area contributed by atoms with Gasteiger partial charge < -0.3 is 4.42 Å². The van der Waals surface area contributed by atoms with E-state index < -0.39 is 27.4 Å². The zero-order valence-electron chi connectivity index (χ0n) is 33.9. The summed E-state index contributed by atoms with van der Waals surface area (Å²) < 4.78 is 63.0. The lowest BCUT2D eigenvalue weighted by Gasteiger charge is -2.20. The lowest BCUT2D eigenvalue weighted by molar-refractivity contribution is -0.954. The SMILES string of the molecule is [2H]C([2H])([2H])c1cc2[n+](cc1C([2H])([2H])[2H])C1(c3ccccc3-c3ccc([Si](C)(C)C)c[n+]31)c1ccc3c(oc4cc5c6ccccc6c6ccccc6c5cc43)c1-2. The Labute approximate surface area is 300 Å². The number of nitrogens with zero attached hydrogens (tertiary/aromatic N) is 2. The van der Waals surface area contributed by atoms with E-state index in [1.165, 1.54) is 16.0 Å². The third kappa shape index (κ3) is 3.35. The second kappa shape index (κ2) is 9.35.